The lowest BCUT2D eigenvalue weighted by molar-refractivity contribution is 0.407. The molecule has 2 aromatic carbocycles. The normalized spacial score (nSPS) is 19.2. The molecule has 1 fully saturated rings. The maximum atomic E-state index is 6.45. The summed E-state index contributed by atoms with van der Waals surface area (Å²) in [6.07, 6.45) is 3.59. The second kappa shape index (κ2) is 3.85. The monoisotopic (exact) mass is 225 g/mol. The Morgan fingerprint density at radius 3 is 2.59 bits per heavy atom. The molecule has 0 amide bonds. The number of hydrogen-bond donors (Lipinski definition) is 1. The summed E-state index contributed by atoms with van der Waals surface area (Å²) < 4.78 is 0. The van der Waals surface area contributed by atoms with Crippen molar-refractivity contribution in [2.45, 2.75) is 31.7 Å². The van der Waals surface area contributed by atoms with E-state index in [2.05, 4.69) is 49.4 Å². The van der Waals surface area contributed by atoms with E-state index in [-0.39, 0.29) is 5.54 Å². The minimum Gasteiger partial charge on any atom is -0.325 e. The van der Waals surface area contributed by atoms with E-state index in [9.17, 15) is 0 Å². The zero-order chi connectivity index (χ0) is 11.9. The zero-order valence-corrected chi connectivity index (χ0v) is 10.3. The van der Waals surface area contributed by atoms with E-state index in [4.69, 9.17) is 5.73 Å². The lowest BCUT2D eigenvalue weighted by Gasteiger charge is -2.25. The molecule has 0 saturated heterocycles. The van der Waals surface area contributed by atoms with E-state index in [1.54, 1.807) is 0 Å². The third kappa shape index (κ3) is 2.07. The Labute approximate surface area is 103 Å². The molecule has 0 aliphatic heterocycles. The summed E-state index contributed by atoms with van der Waals surface area (Å²) >= 11 is 0. The lowest BCUT2D eigenvalue weighted by Crippen LogP contribution is -2.40. The minimum absolute atomic E-state index is 0.0376. The Morgan fingerprint density at radius 2 is 1.82 bits per heavy atom. The molecule has 1 atom stereocenters. The van der Waals surface area contributed by atoms with Gasteiger partial charge < -0.3 is 5.73 Å². The van der Waals surface area contributed by atoms with Crippen molar-refractivity contribution >= 4 is 10.8 Å². The second-order valence-corrected chi connectivity index (χ2v) is 5.60. The van der Waals surface area contributed by atoms with Crippen LogP contribution in [0.2, 0.25) is 0 Å². The predicted octanol–water partition coefficient (Wildman–Crippen LogP) is 3.51. The molecule has 0 aromatic heterocycles. The van der Waals surface area contributed by atoms with E-state index >= 15 is 0 Å². The van der Waals surface area contributed by atoms with Gasteiger partial charge in [0.2, 0.25) is 0 Å². The molecule has 1 saturated carbocycles. The average Bonchev–Trinajstić information content (AvgIpc) is 3.13. The number of rotatable bonds is 3. The first kappa shape index (κ1) is 10.8. The van der Waals surface area contributed by atoms with Crippen LogP contribution in [0.4, 0.5) is 0 Å². The van der Waals surface area contributed by atoms with Gasteiger partial charge in [-0.3, -0.25) is 0 Å². The summed E-state index contributed by atoms with van der Waals surface area (Å²) in [6.45, 7) is 2.20. The molecule has 1 aliphatic carbocycles. The van der Waals surface area contributed by atoms with E-state index in [0.29, 0.717) is 0 Å². The van der Waals surface area contributed by atoms with Crippen LogP contribution in [0.1, 0.15) is 25.3 Å². The average molecular weight is 225 g/mol. The lowest BCUT2D eigenvalue weighted by atomic mass is 9.87. The molecule has 88 valence electrons. The topological polar surface area (TPSA) is 26.0 Å². The van der Waals surface area contributed by atoms with Crippen LogP contribution in [0.5, 0.6) is 0 Å². The molecular formula is C16H19N. The predicted molar refractivity (Wildman–Crippen MR) is 73.0 cm³/mol. The van der Waals surface area contributed by atoms with Gasteiger partial charge in [-0.05, 0) is 48.4 Å². The van der Waals surface area contributed by atoms with Gasteiger partial charge in [0.15, 0.2) is 0 Å². The first-order valence-electron chi connectivity index (χ1n) is 6.42. The third-order valence-corrected chi connectivity index (χ3v) is 3.96. The Balaban J connectivity index is 1.99. The summed E-state index contributed by atoms with van der Waals surface area (Å²) in [5.74, 6) is 0.724. The van der Waals surface area contributed by atoms with E-state index in [1.807, 2.05) is 0 Å². The van der Waals surface area contributed by atoms with Gasteiger partial charge in [-0.15, -0.1) is 0 Å². The van der Waals surface area contributed by atoms with Crippen molar-refractivity contribution in [1.29, 1.82) is 0 Å². The first-order chi connectivity index (χ1) is 8.17. The fourth-order valence-electron chi connectivity index (χ4n) is 2.74. The molecule has 0 bridgehead atoms. The van der Waals surface area contributed by atoms with Crippen LogP contribution in [0.3, 0.4) is 0 Å². The third-order valence-electron chi connectivity index (χ3n) is 3.96. The fraction of sp³-hybridized carbons (Fsp3) is 0.375. The Bertz CT molecular complexity index is 533. The van der Waals surface area contributed by atoms with Gasteiger partial charge in [-0.1, -0.05) is 42.5 Å². The Morgan fingerprint density at radius 1 is 1.12 bits per heavy atom. The molecule has 0 spiro atoms. The van der Waals surface area contributed by atoms with E-state index in [1.165, 1.54) is 29.2 Å². The van der Waals surface area contributed by atoms with Gasteiger partial charge in [0.1, 0.15) is 0 Å². The van der Waals surface area contributed by atoms with Crippen molar-refractivity contribution < 1.29 is 0 Å². The van der Waals surface area contributed by atoms with Crippen molar-refractivity contribution in [1.82, 2.24) is 0 Å². The second-order valence-electron chi connectivity index (χ2n) is 5.60. The maximum absolute atomic E-state index is 6.45. The summed E-state index contributed by atoms with van der Waals surface area (Å²) in [5.41, 5.74) is 7.80. The number of hydrogen-bond acceptors (Lipinski definition) is 1. The smallest absolute Gasteiger partial charge is 0.0195 e. The molecule has 17 heavy (non-hydrogen) atoms. The highest BCUT2D eigenvalue weighted by Crippen LogP contribution is 2.40. The molecular weight excluding hydrogens is 206 g/mol. The molecule has 0 radical (unpaired) electrons. The van der Waals surface area contributed by atoms with Crippen LogP contribution < -0.4 is 5.73 Å². The number of fused-ring (bicyclic) bond motifs is 1. The zero-order valence-electron chi connectivity index (χ0n) is 10.3. The highest BCUT2D eigenvalue weighted by molar-refractivity contribution is 5.85. The van der Waals surface area contributed by atoms with Crippen LogP contribution in [0.15, 0.2) is 42.5 Å². The van der Waals surface area contributed by atoms with Crippen LogP contribution in [-0.2, 0) is 6.42 Å². The van der Waals surface area contributed by atoms with E-state index < -0.39 is 0 Å². The van der Waals surface area contributed by atoms with Gasteiger partial charge in [-0.2, -0.15) is 0 Å². The first-order valence-corrected chi connectivity index (χ1v) is 6.42. The molecule has 1 unspecified atom stereocenters. The summed E-state index contributed by atoms with van der Waals surface area (Å²) in [5, 5.41) is 2.67. The fourth-order valence-corrected chi connectivity index (χ4v) is 2.74. The van der Waals surface area contributed by atoms with Crippen molar-refractivity contribution in [3.63, 3.8) is 0 Å². The van der Waals surface area contributed by atoms with E-state index in [0.717, 1.165) is 12.3 Å². The van der Waals surface area contributed by atoms with Crippen molar-refractivity contribution in [3.05, 3.63) is 48.0 Å². The summed E-state index contributed by atoms with van der Waals surface area (Å²) in [7, 11) is 0. The number of benzene rings is 2. The van der Waals surface area contributed by atoms with Crippen molar-refractivity contribution in [2.75, 3.05) is 0 Å². The van der Waals surface area contributed by atoms with Gasteiger partial charge in [0.05, 0.1) is 0 Å². The molecule has 3 rings (SSSR count). The summed E-state index contributed by atoms with van der Waals surface area (Å²) in [6, 6.07) is 15.1. The van der Waals surface area contributed by atoms with Gasteiger partial charge >= 0.3 is 0 Å². The Kier molecular flexibility index (Phi) is 2.44. The van der Waals surface area contributed by atoms with Crippen molar-refractivity contribution in [3.8, 4) is 0 Å². The van der Waals surface area contributed by atoms with Crippen LogP contribution in [-0.4, -0.2) is 5.54 Å². The molecule has 2 N–H and O–H groups in total. The molecule has 1 aliphatic rings. The van der Waals surface area contributed by atoms with Gasteiger partial charge in [0, 0.05) is 5.54 Å². The SMILES string of the molecule is CC(N)(Cc1cccc2ccccc12)C1CC1. The van der Waals surface area contributed by atoms with Crippen LogP contribution in [0.25, 0.3) is 10.8 Å². The van der Waals surface area contributed by atoms with Crippen LogP contribution in [0, 0.1) is 5.92 Å². The van der Waals surface area contributed by atoms with Crippen LogP contribution >= 0.6 is 0 Å². The largest absolute Gasteiger partial charge is 0.325 e. The number of nitrogens with two attached hydrogens (primary N) is 1. The standard InChI is InChI=1S/C16H19N/c1-16(17,14-9-10-14)11-13-7-4-6-12-5-2-3-8-15(12)13/h2-8,14H,9-11,17H2,1H3. The highest BCUT2D eigenvalue weighted by Gasteiger charge is 2.38. The summed E-state index contributed by atoms with van der Waals surface area (Å²) in [4.78, 5) is 0. The highest BCUT2D eigenvalue weighted by atomic mass is 14.8. The van der Waals surface area contributed by atoms with Gasteiger partial charge in [0.25, 0.3) is 0 Å². The molecule has 2 aromatic rings. The molecule has 1 heteroatoms. The molecule has 1 nitrogen and oxygen atoms in total. The molecule has 0 heterocycles. The van der Waals surface area contributed by atoms with Gasteiger partial charge in [-0.25, -0.2) is 0 Å². The maximum Gasteiger partial charge on any atom is 0.0195 e. The quantitative estimate of drug-likeness (QED) is 0.850. The minimum atomic E-state index is -0.0376. The Hall–Kier alpha value is -1.34. The van der Waals surface area contributed by atoms with Crippen molar-refractivity contribution in [2.24, 2.45) is 11.7 Å².